The summed E-state index contributed by atoms with van der Waals surface area (Å²) in [6.07, 6.45) is 1.24. The van der Waals surface area contributed by atoms with Crippen molar-refractivity contribution in [1.82, 2.24) is 15.5 Å². The summed E-state index contributed by atoms with van der Waals surface area (Å²) in [5.41, 5.74) is 0.241. The predicted octanol–water partition coefficient (Wildman–Crippen LogP) is 0.769. The Morgan fingerprint density at radius 2 is 1.95 bits per heavy atom. The monoisotopic (exact) mass is 300 g/mol. The number of morpholine rings is 1. The molecule has 5 nitrogen and oxygen atoms in total. The Kier molecular flexibility index (Phi) is 6.45. The lowest BCUT2D eigenvalue weighted by Crippen LogP contribution is -2.56. The van der Waals surface area contributed by atoms with Crippen molar-refractivity contribution in [2.45, 2.75) is 25.8 Å². The third-order valence-electron chi connectivity index (χ3n) is 3.98. The summed E-state index contributed by atoms with van der Waals surface area (Å²) in [6, 6.07) is 0. The highest BCUT2D eigenvalue weighted by Crippen LogP contribution is 2.34. The van der Waals surface area contributed by atoms with Crippen molar-refractivity contribution in [3.05, 3.63) is 0 Å². The first-order chi connectivity index (χ1) is 9.80. The minimum absolute atomic E-state index is 0.241. The van der Waals surface area contributed by atoms with E-state index in [1.165, 1.54) is 17.9 Å². The number of ether oxygens (including phenoxy) is 1. The first-order valence-electron chi connectivity index (χ1n) is 7.73. The standard InChI is InChI=1S/C14H28N4OS/c1-3-15-13(16-4-2)17-11-14(5-10-20-12-14)18-6-8-19-9-7-18/h3-12H2,1-2H3,(H2,15,16,17). The van der Waals surface area contributed by atoms with Gasteiger partial charge in [-0.05, 0) is 26.0 Å². The van der Waals surface area contributed by atoms with Crippen LogP contribution in [0.15, 0.2) is 4.99 Å². The highest BCUT2D eigenvalue weighted by molar-refractivity contribution is 7.99. The molecule has 2 aliphatic heterocycles. The van der Waals surface area contributed by atoms with E-state index in [0.717, 1.165) is 51.9 Å². The molecular formula is C14H28N4OS. The van der Waals surface area contributed by atoms with Gasteiger partial charge in [-0.3, -0.25) is 9.89 Å². The molecule has 2 N–H and O–H groups in total. The number of aliphatic imine (C=N–C) groups is 1. The lowest BCUT2D eigenvalue weighted by Gasteiger charge is -2.42. The van der Waals surface area contributed by atoms with E-state index in [0.29, 0.717) is 0 Å². The van der Waals surface area contributed by atoms with Gasteiger partial charge in [0.15, 0.2) is 5.96 Å². The van der Waals surface area contributed by atoms with Crippen molar-refractivity contribution in [3.8, 4) is 0 Å². The van der Waals surface area contributed by atoms with Gasteiger partial charge < -0.3 is 15.4 Å². The van der Waals surface area contributed by atoms with E-state index in [1.54, 1.807) is 0 Å². The third-order valence-corrected chi connectivity index (χ3v) is 5.22. The largest absolute Gasteiger partial charge is 0.379 e. The summed E-state index contributed by atoms with van der Waals surface area (Å²) in [6.45, 7) is 10.7. The average Bonchev–Trinajstić information content (AvgIpc) is 2.96. The minimum atomic E-state index is 0.241. The Morgan fingerprint density at radius 3 is 2.50 bits per heavy atom. The van der Waals surface area contributed by atoms with Crippen LogP contribution in [-0.4, -0.2) is 73.8 Å². The van der Waals surface area contributed by atoms with Crippen molar-refractivity contribution in [3.63, 3.8) is 0 Å². The van der Waals surface area contributed by atoms with Crippen LogP contribution in [0.4, 0.5) is 0 Å². The fourth-order valence-corrected chi connectivity index (χ4v) is 4.31. The number of nitrogens with zero attached hydrogens (tertiary/aromatic N) is 2. The zero-order chi connectivity index (χ0) is 14.3. The quantitative estimate of drug-likeness (QED) is 0.580. The first kappa shape index (κ1) is 15.9. The van der Waals surface area contributed by atoms with Gasteiger partial charge in [0.1, 0.15) is 0 Å². The van der Waals surface area contributed by atoms with Crippen molar-refractivity contribution in [2.75, 3.05) is 57.4 Å². The van der Waals surface area contributed by atoms with Gasteiger partial charge in [0.2, 0.25) is 0 Å². The lowest BCUT2D eigenvalue weighted by atomic mass is 9.96. The maximum atomic E-state index is 5.50. The number of hydrogen-bond donors (Lipinski definition) is 2. The van der Waals surface area contributed by atoms with Crippen LogP contribution < -0.4 is 10.6 Å². The molecule has 2 heterocycles. The zero-order valence-electron chi connectivity index (χ0n) is 12.8. The summed E-state index contributed by atoms with van der Waals surface area (Å²) in [5, 5.41) is 6.63. The molecule has 0 radical (unpaired) electrons. The smallest absolute Gasteiger partial charge is 0.191 e. The molecule has 0 spiro atoms. The van der Waals surface area contributed by atoms with Gasteiger partial charge >= 0.3 is 0 Å². The molecule has 2 saturated heterocycles. The summed E-state index contributed by atoms with van der Waals surface area (Å²) >= 11 is 2.06. The second-order valence-corrected chi connectivity index (χ2v) is 6.46. The predicted molar refractivity (Wildman–Crippen MR) is 86.7 cm³/mol. The van der Waals surface area contributed by atoms with E-state index < -0.39 is 0 Å². The third kappa shape index (κ3) is 4.02. The maximum absolute atomic E-state index is 5.50. The van der Waals surface area contributed by atoms with Crippen LogP contribution in [0, 0.1) is 0 Å². The van der Waals surface area contributed by atoms with E-state index in [4.69, 9.17) is 9.73 Å². The van der Waals surface area contributed by atoms with Crippen molar-refractivity contribution < 1.29 is 4.74 Å². The molecule has 1 unspecified atom stereocenters. The molecule has 0 aromatic heterocycles. The fraction of sp³-hybridized carbons (Fsp3) is 0.929. The second kappa shape index (κ2) is 8.10. The average molecular weight is 300 g/mol. The van der Waals surface area contributed by atoms with Crippen LogP contribution in [0.2, 0.25) is 0 Å². The Morgan fingerprint density at radius 1 is 1.25 bits per heavy atom. The van der Waals surface area contributed by atoms with Crippen molar-refractivity contribution in [2.24, 2.45) is 4.99 Å². The van der Waals surface area contributed by atoms with E-state index >= 15 is 0 Å². The molecule has 1 atom stereocenters. The number of nitrogens with one attached hydrogen (secondary N) is 2. The minimum Gasteiger partial charge on any atom is -0.379 e. The highest BCUT2D eigenvalue weighted by atomic mass is 32.2. The van der Waals surface area contributed by atoms with Gasteiger partial charge in [0.05, 0.1) is 25.3 Å². The van der Waals surface area contributed by atoms with Gasteiger partial charge in [-0.2, -0.15) is 11.8 Å². The van der Waals surface area contributed by atoms with E-state index in [-0.39, 0.29) is 5.54 Å². The molecule has 0 aromatic rings. The van der Waals surface area contributed by atoms with Gasteiger partial charge in [0.25, 0.3) is 0 Å². The number of hydrogen-bond acceptors (Lipinski definition) is 4. The lowest BCUT2D eigenvalue weighted by molar-refractivity contribution is -0.0104. The molecule has 0 amide bonds. The van der Waals surface area contributed by atoms with Crippen LogP contribution in [0.1, 0.15) is 20.3 Å². The Balaban J connectivity index is 2.02. The number of rotatable bonds is 5. The van der Waals surface area contributed by atoms with Crippen molar-refractivity contribution in [1.29, 1.82) is 0 Å². The first-order valence-corrected chi connectivity index (χ1v) is 8.89. The van der Waals surface area contributed by atoms with Gasteiger partial charge in [0, 0.05) is 31.9 Å². The van der Waals surface area contributed by atoms with Crippen LogP contribution in [-0.2, 0) is 4.74 Å². The molecule has 2 fully saturated rings. The zero-order valence-corrected chi connectivity index (χ0v) is 13.6. The van der Waals surface area contributed by atoms with E-state index in [9.17, 15) is 0 Å². The van der Waals surface area contributed by atoms with Crippen LogP contribution >= 0.6 is 11.8 Å². The molecule has 0 aromatic carbocycles. The van der Waals surface area contributed by atoms with Gasteiger partial charge in [-0.25, -0.2) is 0 Å². The van der Waals surface area contributed by atoms with Crippen LogP contribution in [0.25, 0.3) is 0 Å². The molecule has 0 saturated carbocycles. The van der Waals surface area contributed by atoms with Gasteiger partial charge in [-0.1, -0.05) is 0 Å². The normalized spacial score (nSPS) is 27.3. The summed E-state index contributed by atoms with van der Waals surface area (Å²) in [7, 11) is 0. The molecule has 2 rings (SSSR count). The highest BCUT2D eigenvalue weighted by Gasteiger charge is 2.40. The molecule has 6 heteroatoms. The van der Waals surface area contributed by atoms with E-state index in [2.05, 4.69) is 41.1 Å². The molecule has 20 heavy (non-hydrogen) atoms. The van der Waals surface area contributed by atoms with Crippen LogP contribution in [0.5, 0.6) is 0 Å². The van der Waals surface area contributed by atoms with E-state index in [1.807, 2.05) is 0 Å². The summed E-state index contributed by atoms with van der Waals surface area (Å²) in [4.78, 5) is 7.44. The molecular weight excluding hydrogens is 272 g/mol. The second-order valence-electron chi connectivity index (χ2n) is 5.35. The number of guanidine groups is 1. The summed E-state index contributed by atoms with van der Waals surface area (Å²) in [5.74, 6) is 3.40. The fourth-order valence-electron chi connectivity index (χ4n) is 2.84. The maximum Gasteiger partial charge on any atom is 0.191 e. The van der Waals surface area contributed by atoms with Gasteiger partial charge in [-0.15, -0.1) is 0 Å². The molecule has 116 valence electrons. The van der Waals surface area contributed by atoms with Crippen LogP contribution in [0.3, 0.4) is 0 Å². The number of thioether (sulfide) groups is 1. The molecule has 0 aliphatic carbocycles. The van der Waals surface area contributed by atoms with Crippen molar-refractivity contribution >= 4 is 17.7 Å². The Bertz CT molecular complexity index is 304. The summed E-state index contributed by atoms with van der Waals surface area (Å²) < 4.78 is 5.50. The Hall–Kier alpha value is -0.460. The SMILES string of the molecule is CCNC(=NCC1(N2CCOCC2)CCSC1)NCC. The Labute approximate surface area is 126 Å². The molecule has 2 aliphatic rings. The topological polar surface area (TPSA) is 48.9 Å². The molecule has 0 bridgehead atoms.